The van der Waals surface area contributed by atoms with E-state index in [0.29, 0.717) is 33.2 Å². The van der Waals surface area contributed by atoms with Crippen LogP contribution in [0.15, 0.2) is 60.8 Å². The molecule has 0 unspecified atom stereocenters. The number of pyridine rings is 1. The molecule has 0 bridgehead atoms. The molecule has 8 heteroatoms. The minimum atomic E-state index is -0.346. The van der Waals surface area contributed by atoms with Crippen LogP contribution in [0.3, 0.4) is 0 Å². The Morgan fingerprint density at radius 3 is 2.38 bits per heavy atom. The minimum Gasteiger partial charge on any atom is -0.322 e. The summed E-state index contributed by atoms with van der Waals surface area (Å²) in [5.41, 5.74) is 3.09. The summed E-state index contributed by atoms with van der Waals surface area (Å²) in [7, 11) is 0. The van der Waals surface area contributed by atoms with Crippen molar-refractivity contribution in [1.82, 2.24) is 14.8 Å². The van der Waals surface area contributed by atoms with Crippen LogP contribution in [-0.2, 0) is 0 Å². The molecule has 0 saturated carbocycles. The number of amides is 2. The fourth-order valence-corrected chi connectivity index (χ4v) is 3.51. The standard InChI is InChI=1S/C24H22ClN5O2/c1-14(2)30-22-16(13-26-30)12-20(15(3)27-22)24(32)29-21-7-5-4-6-19(21)23(31)28-18-10-8-17(25)9-11-18/h4-14H,1-3H3,(H,28,31)(H,29,32). The molecular weight excluding hydrogens is 426 g/mol. The Labute approximate surface area is 190 Å². The number of hydrogen-bond donors (Lipinski definition) is 2. The molecule has 0 aliphatic heterocycles. The molecule has 4 rings (SSSR count). The third-order valence-corrected chi connectivity index (χ3v) is 5.27. The zero-order valence-corrected chi connectivity index (χ0v) is 18.6. The summed E-state index contributed by atoms with van der Waals surface area (Å²) < 4.78 is 1.82. The van der Waals surface area contributed by atoms with Crippen LogP contribution in [0.2, 0.25) is 5.02 Å². The second kappa shape index (κ2) is 8.80. The first-order valence-electron chi connectivity index (χ1n) is 10.2. The molecule has 0 aliphatic carbocycles. The average molecular weight is 448 g/mol. The van der Waals surface area contributed by atoms with E-state index in [1.54, 1.807) is 67.7 Å². The number of nitrogens with one attached hydrogen (secondary N) is 2. The molecule has 2 heterocycles. The van der Waals surface area contributed by atoms with Crippen LogP contribution in [0.1, 0.15) is 46.3 Å². The normalized spacial score (nSPS) is 11.0. The molecule has 0 saturated heterocycles. The largest absolute Gasteiger partial charge is 0.322 e. The quantitative estimate of drug-likeness (QED) is 0.424. The zero-order valence-electron chi connectivity index (χ0n) is 17.9. The second-order valence-electron chi connectivity index (χ2n) is 7.68. The maximum Gasteiger partial charge on any atom is 0.257 e. The number of benzene rings is 2. The van der Waals surface area contributed by atoms with Crippen LogP contribution in [0.25, 0.3) is 11.0 Å². The monoisotopic (exact) mass is 447 g/mol. The van der Waals surface area contributed by atoms with Crippen molar-refractivity contribution in [2.45, 2.75) is 26.8 Å². The number of aryl methyl sites for hydroxylation is 1. The Morgan fingerprint density at radius 2 is 1.66 bits per heavy atom. The summed E-state index contributed by atoms with van der Waals surface area (Å²) in [6, 6.07) is 15.6. The van der Waals surface area contributed by atoms with E-state index >= 15 is 0 Å². The number of halogens is 1. The van der Waals surface area contributed by atoms with Gasteiger partial charge in [-0.3, -0.25) is 9.59 Å². The fourth-order valence-electron chi connectivity index (χ4n) is 3.38. The Balaban J connectivity index is 1.59. The van der Waals surface area contributed by atoms with E-state index in [4.69, 9.17) is 11.6 Å². The van der Waals surface area contributed by atoms with Crippen molar-refractivity contribution in [2.24, 2.45) is 0 Å². The van der Waals surface area contributed by atoms with Gasteiger partial charge in [-0.05, 0) is 63.2 Å². The third kappa shape index (κ3) is 4.33. The third-order valence-electron chi connectivity index (χ3n) is 5.02. The number of fused-ring (bicyclic) bond motifs is 1. The lowest BCUT2D eigenvalue weighted by Gasteiger charge is -2.13. The number of anilines is 2. The lowest BCUT2D eigenvalue weighted by molar-refractivity contribution is 0.102. The van der Waals surface area contributed by atoms with E-state index in [1.807, 2.05) is 18.5 Å². The average Bonchev–Trinajstić information content (AvgIpc) is 3.18. The molecule has 0 atom stereocenters. The highest BCUT2D eigenvalue weighted by Crippen LogP contribution is 2.23. The summed E-state index contributed by atoms with van der Waals surface area (Å²) in [6.45, 7) is 5.83. The number of aromatic nitrogens is 3. The van der Waals surface area contributed by atoms with E-state index in [2.05, 4.69) is 20.7 Å². The van der Waals surface area contributed by atoms with E-state index < -0.39 is 0 Å². The SMILES string of the molecule is Cc1nc2c(cnn2C(C)C)cc1C(=O)Nc1ccccc1C(=O)Nc1ccc(Cl)cc1. The van der Waals surface area contributed by atoms with Gasteiger partial charge in [0.25, 0.3) is 11.8 Å². The number of para-hydroxylation sites is 1. The van der Waals surface area contributed by atoms with E-state index in [1.165, 1.54) is 0 Å². The zero-order chi connectivity index (χ0) is 22.8. The van der Waals surface area contributed by atoms with Crippen LogP contribution < -0.4 is 10.6 Å². The summed E-state index contributed by atoms with van der Waals surface area (Å²) in [5.74, 6) is -0.687. The van der Waals surface area contributed by atoms with Gasteiger partial charge in [-0.15, -0.1) is 0 Å². The minimum absolute atomic E-state index is 0.158. The van der Waals surface area contributed by atoms with E-state index in [0.717, 1.165) is 11.0 Å². The molecule has 32 heavy (non-hydrogen) atoms. The van der Waals surface area contributed by atoms with Crippen LogP contribution in [-0.4, -0.2) is 26.6 Å². The predicted molar refractivity (Wildman–Crippen MR) is 126 cm³/mol. The first-order chi connectivity index (χ1) is 15.3. The lowest BCUT2D eigenvalue weighted by atomic mass is 10.1. The van der Waals surface area contributed by atoms with Crippen molar-refractivity contribution in [2.75, 3.05) is 10.6 Å². The molecule has 2 amide bonds. The Morgan fingerprint density at radius 1 is 0.969 bits per heavy atom. The maximum absolute atomic E-state index is 13.1. The van der Waals surface area contributed by atoms with Crippen molar-refractivity contribution >= 4 is 45.8 Å². The molecule has 2 aromatic carbocycles. The molecule has 4 aromatic rings. The molecule has 0 radical (unpaired) electrons. The number of nitrogens with zero attached hydrogens (tertiary/aromatic N) is 3. The van der Waals surface area contributed by atoms with Gasteiger partial charge in [0.1, 0.15) is 0 Å². The fraction of sp³-hybridized carbons (Fsp3) is 0.167. The van der Waals surface area contributed by atoms with Gasteiger partial charge in [-0.2, -0.15) is 5.10 Å². The van der Waals surface area contributed by atoms with E-state index in [-0.39, 0.29) is 17.9 Å². The summed E-state index contributed by atoms with van der Waals surface area (Å²) in [5, 5.41) is 11.4. The topological polar surface area (TPSA) is 88.9 Å². The summed E-state index contributed by atoms with van der Waals surface area (Å²) in [6.07, 6.45) is 1.70. The van der Waals surface area contributed by atoms with Gasteiger partial charge in [0, 0.05) is 22.1 Å². The molecule has 0 aliphatic rings. The summed E-state index contributed by atoms with van der Waals surface area (Å²) >= 11 is 5.90. The molecule has 0 spiro atoms. The maximum atomic E-state index is 13.1. The van der Waals surface area contributed by atoms with Crippen molar-refractivity contribution in [1.29, 1.82) is 0 Å². The van der Waals surface area contributed by atoms with Gasteiger partial charge < -0.3 is 10.6 Å². The lowest BCUT2D eigenvalue weighted by Crippen LogP contribution is -2.19. The van der Waals surface area contributed by atoms with Crippen molar-refractivity contribution in [3.05, 3.63) is 82.6 Å². The van der Waals surface area contributed by atoms with E-state index in [9.17, 15) is 9.59 Å². The van der Waals surface area contributed by atoms with Crippen LogP contribution in [0.5, 0.6) is 0 Å². The van der Waals surface area contributed by atoms with Gasteiger partial charge >= 0.3 is 0 Å². The second-order valence-corrected chi connectivity index (χ2v) is 8.11. The molecule has 2 N–H and O–H groups in total. The molecule has 0 fully saturated rings. The number of carbonyl (C=O) groups excluding carboxylic acids is 2. The van der Waals surface area contributed by atoms with Crippen molar-refractivity contribution < 1.29 is 9.59 Å². The van der Waals surface area contributed by atoms with Gasteiger partial charge in [0.05, 0.1) is 28.7 Å². The summed E-state index contributed by atoms with van der Waals surface area (Å²) in [4.78, 5) is 30.5. The number of carbonyl (C=O) groups is 2. The molecule has 7 nitrogen and oxygen atoms in total. The van der Waals surface area contributed by atoms with Crippen molar-refractivity contribution in [3.63, 3.8) is 0 Å². The number of hydrogen-bond acceptors (Lipinski definition) is 4. The highest BCUT2D eigenvalue weighted by Gasteiger charge is 2.18. The Bertz CT molecular complexity index is 1310. The number of rotatable bonds is 5. The predicted octanol–water partition coefficient (Wildman–Crippen LogP) is 5.48. The highest BCUT2D eigenvalue weighted by molar-refractivity contribution is 6.30. The smallest absolute Gasteiger partial charge is 0.257 e. The molecule has 2 aromatic heterocycles. The van der Waals surface area contributed by atoms with Gasteiger partial charge in [0.15, 0.2) is 5.65 Å². The molecular formula is C24H22ClN5O2. The first kappa shape index (κ1) is 21.5. The highest BCUT2D eigenvalue weighted by atomic mass is 35.5. The Hall–Kier alpha value is -3.71. The molecule has 162 valence electrons. The van der Waals surface area contributed by atoms with Crippen LogP contribution in [0, 0.1) is 6.92 Å². The van der Waals surface area contributed by atoms with Gasteiger partial charge in [0.2, 0.25) is 0 Å². The van der Waals surface area contributed by atoms with Gasteiger partial charge in [-0.1, -0.05) is 23.7 Å². The first-order valence-corrected chi connectivity index (χ1v) is 10.5. The Kier molecular flexibility index (Phi) is 5.92. The van der Waals surface area contributed by atoms with Crippen LogP contribution >= 0.6 is 11.6 Å². The van der Waals surface area contributed by atoms with Gasteiger partial charge in [-0.25, -0.2) is 9.67 Å². The van der Waals surface area contributed by atoms with Crippen LogP contribution in [0.4, 0.5) is 11.4 Å². The van der Waals surface area contributed by atoms with Crippen molar-refractivity contribution in [3.8, 4) is 0 Å².